The van der Waals surface area contributed by atoms with Crippen LogP contribution in [0.4, 0.5) is 4.79 Å². The molecule has 0 fully saturated rings. The van der Waals surface area contributed by atoms with Crippen LogP contribution >= 0.6 is 11.8 Å². The van der Waals surface area contributed by atoms with Crippen LogP contribution in [0.3, 0.4) is 0 Å². The van der Waals surface area contributed by atoms with E-state index in [-0.39, 0.29) is 5.24 Å². The van der Waals surface area contributed by atoms with Crippen LogP contribution in [0.5, 0.6) is 0 Å². The number of methoxy groups -OCH3 is 1. The summed E-state index contributed by atoms with van der Waals surface area (Å²) in [4.78, 5) is 25.3. The van der Waals surface area contributed by atoms with Gasteiger partial charge in [0.15, 0.2) is 0 Å². The molecule has 0 aromatic heterocycles. The molecule has 5 heteroatoms. The van der Waals surface area contributed by atoms with Gasteiger partial charge in [0.2, 0.25) is 0 Å². The van der Waals surface area contributed by atoms with Gasteiger partial charge in [-0.15, -0.1) is 0 Å². The van der Waals surface area contributed by atoms with Crippen LogP contribution in [0.15, 0.2) is 23.1 Å². The van der Waals surface area contributed by atoms with Crippen molar-refractivity contribution in [2.45, 2.75) is 11.8 Å². The summed E-state index contributed by atoms with van der Waals surface area (Å²) in [5.74, 6) is -0.428. The summed E-state index contributed by atoms with van der Waals surface area (Å²) in [6.45, 7) is 1.88. The molecule has 1 amide bonds. The Hall–Kier alpha value is -1.49. The van der Waals surface area contributed by atoms with Gasteiger partial charge in [0, 0.05) is 19.0 Å². The molecule has 0 saturated carbocycles. The lowest BCUT2D eigenvalue weighted by atomic mass is 10.1. The summed E-state index contributed by atoms with van der Waals surface area (Å²) in [7, 11) is 4.66. The van der Waals surface area contributed by atoms with E-state index < -0.39 is 5.97 Å². The Labute approximate surface area is 105 Å². The number of esters is 1. The highest BCUT2D eigenvalue weighted by atomic mass is 32.2. The highest BCUT2D eigenvalue weighted by Gasteiger charge is 2.16. The SMILES string of the molecule is COC(=O)c1cc(C)ccc1SC(=O)N(C)C. The van der Waals surface area contributed by atoms with Crippen LogP contribution in [0.25, 0.3) is 0 Å². The van der Waals surface area contributed by atoms with Gasteiger partial charge in [0.25, 0.3) is 5.24 Å². The normalized spacial score (nSPS) is 9.88. The lowest BCUT2D eigenvalue weighted by Crippen LogP contribution is -2.16. The summed E-state index contributed by atoms with van der Waals surface area (Å²) in [5, 5.41) is -0.126. The average Bonchev–Trinajstić information content (AvgIpc) is 2.30. The predicted molar refractivity (Wildman–Crippen MR) is 67.5 cm³/mol. The second-order valence-corrected chi connectivity index (χ2v) is 4.75. The average molecular weight is 253 g/mol. The van der Waals surface area contributed by atoms with Crippen LogP contribution in [-0.4, -0.2) is 37.3 Å². The second-order valence-electron chi connectivity index (χ2n) is 3.75. The number of nitrogens with zero attached hydrogens (tertiary/aromatic N) is 1. The van der Waals surface area contributed by atoms with E-state index in [0.29, 0.717) is 10.5 Å². The molecule has 1 rings (SSSR count). The fraction of sp³-hybridized carbons (Fsp3) is 0.333. The molecule has 17 heavy (non-hydrogen) atoms. The maximum atomic E-state index is 11.6. The van der Waals surface area contributed by atoms with E-state index in [1.807, 2.05) is 13.0 Å². The molecule has 92 valence electrons. The van der Waals surface area contributed by atoms with Gasteiger partial charge < -0.3 is 9.64 Å². The molecule has 1 aromatic carbocycles. The number of carbonyl (C=O) groups excluding carboxylic acids is 2. The van der Waals surface area contributed by atoms with Crippen molar-refractivity contribution in [1.29, 1.82) is 0 Å². The third-order valence-corrected chi connectivity index (χ3v) is 3.22. The Morgan fingerprint density at radius 1 is 1.29 bits per heavy atom. The highest BCUT2D eigenvalue weighted by molar-refractivity contribution is 8.13. The summed E-state index contributed by atoms with van der Waals surface area (Å²) < 4.78 is 4.70. The quantitative estimate of drug-likeness (QED) is 0.600. The van der Waals surface area contributed by atoms with Crippen LogP contribution in [0, 0.1) is 6.92 Å². The van der Waals surface area contributed by atoms with E-state index in [1.165, 1.54) is 12.0 Å². The van der Waals surface area contributed by atoms with E-state index in [9.17, 15) is 9.59 Å². The third kappa shape index (κ3) is 3.49. The van der Waals surface area contributed by atoms with Crippen molar-refractivity contribution < 1.29 is 14.3 Å². The lowest BCUT2D eigenvalue weighted by molar-refractivity contribution is 0.0596. The standard InChI is InChI=1S/C12H15NO3S/c1-8-5-6-10(17-12(15)13(2)3)9(7-8)11(14)16-4/h5-7H,1-4H3. The number of thioether (sulfide) groups is 1. The topological polar surface area (TPSA) is 46.6 Å². The number of amides is 1. The van der Waals surface area contributed by atoms with Crippen LogP contribution in [0.1, 0.15) is 15.9 Å². The lowest BCUT2D eigenvalue weighted by Gasteiger charge is -2.11. The van der Waals surface area contributed by atoms with Crippen molar-refractivity contribution in [3.8, 4) is 0 Å². The Balaban J connectivity index is 3.06. The molecule has 0 atom stereocenters. The summed E-state index contributed by atoms with van der Waals surface area (Å²) in [6.07, 6.45) is 0. The molecule has 0 heterocycles. The number of benzene rings is 1. The van der Waals surface area contributed by atoms with Crippen molar-refractivity contribution >= 4 is 23.0 Å². The molecule has 0 bridgehead atoms. The van der Waals surface area contributed by atoms with E-state index in [4.69, 9.17) is 4.74 Å². The Kier molecular flexibility index (Phi) is 4.57. The summed E-state index contributed by atoms with van der Waals surface area (Å²) >= 11 is 1.02. The summed E-state index contributed by atoms with van der Waals surface area (Å²) in [5.41, 5.74) is 1.37. The van der Waals surface area contributed by atoms with Gasteiger partial charge in [-0.2, -0.15) is 0 Å². The fourth-order valence-electron chi connectivity index (χ4n) is 1.19. The molecule has 0 unspecified atom stereocenters. The van der Waals surface area contributed by atoms with Crippen molar-refractivity contribution in [2.24, 2.45) is 0 Å². The smallest absolute Gasteiger partial charge is 0.339 e. The minimum Gasteiger partial charge on any atom is -0.465 e. The Bertz CT molecular complexity index is 443. The number of hydrogen-bond donors (Lipinski definition) is 0. The molecular formula is C12H15NO3S. The molecule has 0 N–H and O–H groups in total. The Morgan fingerprint density at radius 3 is 2.47 bits per heavy atom. The molecule has 1 aromatic rings. The van der Waals surface area contributed by atoms with Gasteiger partial charge in [-0.3, -0.25) is 4.79 Å². The molecule has 0 aliphatic rings. The molecule has 0 radical (unpaired) electrons. The van der Waals surface area contributed by atoms with E-state index >= 15 is 0 Å². The van der Waals surface area contributed by atoms with Gasteiger partial charge in [-0.05, 0) is 30.8 Å². The zero-order chi connectivity index (χ0) is 13.0. The molecule has 0 spiro atoms. The first-order chi connectivity index (χ1) is 7.95. The maximum absolute atomic E-state index is 11.6. The largest absolute Gasteiger partial charge is 0.465 e. The monoisotopic (exact) mass is 253 g/mol. The highest BCUT2D eigenvalue weighted by Crippen LogP contribution is 2.26. The van der Waals surface area contributed by atoms with E-state index in [0.717, 1.165) is 17.3 Å². The van der Waals surface area contributed by atoms with Gasteiger partial charge in [0.1, 0.15) is 0 Å². The number of hydrogen-bond acceptors (Lipinski definition) is 4. The van der Waals surface area contributed by atoms with Crippen LogP contribution < -0.4 is 0 Å². The molecule has 0 aliphatic heterocycles. The second kappa shape index (κ2) is 5.72. The number of ether oxygens (including phenoxy) is 1. The summed E-state index contributed by atoms with van der Waals surface area (Å²) in [6, 6.07) is 5.34. The maximum Gasteiger partial charge on any atom is 0.339 e. The first-order valence-corrected chi connectivity index (χ1v) is 5.85. The van der Waals surface area contributed by atoms with Crippen LogP contribution in [-0.2, 0) is 4.74 Å². The zero-order valence-electron chi connectivity index (χ0n) is 10.3. The minimum absolute atomic E-state index is 0.126. The number of aryl methyl sites for hydroxylation is 1. The number of rotatable bonds is 2. The molecular weight excluding hydrogens is 238 g/mol. The van der Waals surface area contributed by atoms with Gasteiger partial charge in [0.05, 0.1) is 12.7 Å². The molecule has 0 saturated heterocycles. The van der Waals surface area contributed by atoms with E-state index in [1.54, 1.807) is 26.2 Å². The number of carbonyl (C=O) groups is 2. The third-order valence-electron chi connectivity index (χ3n) is 2.10. The van der Waals surface area contributed by atoms with Crippen molar-refractivity contribution in [3.05, 3.63) is 29.3 Å². The van der Waals surface area contributed by atoms with Crippen molar-refractivity contribution in [2.75, 3.05) is 21.2 Å². The Morgan fingerprint density at radius 2 is 1.94 bits per heavy atom. The van der Waals surface area contributed by atoms with Crippen molar-refractivity contribution in [3.63, 3.8) is 0 Å². The van der Waals surface area contributed by atoms with Gasteiger partial charge in [-0.1, -0.05) is 11.6 Å². The molecule has 4 nitrogen and oxygen atoms in total. The van der Waals surface area contributed by atoms with E-state index in [2.05, 4.69) is 0 Å². The van der Waals surface area contributed by atoms with Crippen molar-refractivity contribution in [1.82, 2.24) is 4.90 Å². The predicted octanol–water partition coefficient (Wildman–Crippen LogP) is 2.56. The first-order valence-electron chi connectivity index (χ1n) is 5.03. The van der Waals surface area contributed by atoms with Crippen LogP contribution in [0.2, 0.25) is 0 Å². The minimum atomic E-state index is -0.428. The first kappa shape index (κ1) is 13.6. The fourth-order valence-corrected chi connectivity index (χ4v) is 1.95. The van der Waals surface area contributed by atoms with Gasteiger partial charge >= 0.3 is 5.97 Å². The molecule has 0 aliphatic carbocycles. The van der Waals surface area contributed by atoms with Gasteiger partial charge in [-0.25, -0.2) is 4.79 Å². The zero-order valence-corrected chi connectivity index (χ0v) is 11.1.